The topological polar surface area (TPSA) is 88.6 Å². The molecular formula is C31H39N5O3. The Kier molecular flexibility index (Phi) is 9.06. The second kappa shape index (κ2) is 13.0. The highest BCUT2D eigenvalue weighted by Gasteiger charge is 2.23. The Labute approximate surface area is 230 Å². The summed E-state index contributed by atoms with van der Waals surface area (Å²) in [4.78, 5) is 24.2. The average Bonchev–Trinajstić information content (AvgIpc) is 3.78. The number of fused-ring (bicyclic) bond motifs is 1. The largest absolute Gasteiger partial charge is 0.491 e. The summed E-state index contributed by atoms with van der Waals surface area (Å²) in [5.74, 6) is 2.41. The monoisotopic (exact) mass is 529 g/mol. The van der Waals surface area contributed by atoms with E-state index >= 15 is 0 Å². The lowest BCUT2D eigenvalue weighted by Gasteiger charge is -2.26. The van der Waals surface area contributed by atoms with E-state index in [0.29, 0.717) is 42.2 Å². The molecule has 2 N–H and O–H groups in total. The zero-order valence-corrected chi connectivity index (χ0v) is 22.9. The molecule has 2 heterocycles. The first kappa shape index (κ1) is 27.1. The van der Waals surface area contributed by atoms with Gasteiger partial charge in [-0.25, -0.2) is 9.97 Å². The Bertz CT molecular complexity index is 1270. The second-order valence-corrected chi connectivity index (χ2v) is 10.8. The highest BCUT2D eigenvalue weighted by molar-refractivity contribution is 6.03. The van der Waals surface area contributed by atoms with Crippen LogP contribution in [0.25, 0.3) is 10.9 Å². The number of likely N-dealkylation sites (N-methyl/N-ethyl adjacent to an activating group) is 1. The molecule has 1 atom stereocenters. The van der Waals surface area contributed by atoms with Crippen molar-refractivity contribution in [3.63, 3.8) is 0 Å². The quantitative estimate of drug-likeness (QED) is 0.302. The summed E-state index contributed by atoms with van der Waals surface area (Å²) < 4.78 is 11.6. The van der Waals surface area contributed by atoms with E-state index in [1.807, 2.05) is 36.4 Å². The van der Waals surface area contributed by atoms with E-state index in [2.05, 4.69) is 51.6 Å². The molecule has 39 heavy (non-hydrogen) atoms. The molecule has 0 spiro atoms. The average molecular weight is 530 g/mol. The number of carbonyl (C=O) groups is 1. The van der Waals surface area contributed by atoms with E-state index in [4.69, 9.17) is 9.47 Å². The minimum Gasteiger partial charge on any atom is -0.491 e. The molecule has 0 radical (unpaired) electrons. The molecule has 8 heteroatoms. The second-order valence-electron chi connectivity index (χ2n) is 10.8. The van der Waals surface area contributed by atoms with E-state index in [1.165, 1.54) is 12.8 Å². The number of nitrogens with zero attached hydrogens (tertiary/aromatic N) is 3. The van der Waals surface area contributed by atoms with Crippen molar-refractivity contribution >= 4 is 28.3 Å². The third kappa shape index (κ3) is 7.77. The number of anilines is 2. The lowest BCUT2D eigenvalue weighted by Crippen LogP contribution is -2.29. The van der Waals surface area contributed by atoms with Crippen molar-refractivity contribution in [1.29, 1.82) is 0 Å². The van der Waals surface area contributed by atoms with Crippen LogP contribution in [0.3, 0.4) is 0 Å². The minimum atomic E-state index is -0.186. The maximum absolute atomic E-state index is 12.9. The molecule has 1 saturated carbocycles. The molecule has 206 valence electrons. The number of hydrogen-bond acceptors (Lipinski definition) is 7. The molecule has 1 aliphatic heterocycles. The SMILES string of the molecule is C[C@@H](Nc1ncnc2cc(OCC3CC3)c(NC(=O)C=CCN(C)CC3CCOCC3)cc12)c1ccccc1. The molecule has 1 saturated heterocycles. The maximum Gasteiger partial charge on any atom is 0.248 e. The summed E-state index contributed by atoms with van der Waals surface area (Å²) in [6.45, 7) is 6.16. The first-order chi connectivity index (χ1) is 19.0. The predicted octanol–water partition coefficient (Wildman–Crippen LogP) is 5.44. The van der Waals surface area contributed by atoms with E-state index in [1.54, 1.807) is 12.4 Å². The Hall–Kier alpha value is -3.49. The summed E-state index contributed by atoms with van der Waals surface area (Å²) in [6.07, 6.45) is 9.66. The van der Waals surface area contributed by atoms with Crippen LogP contribution < -0.4 is 15.4 Å². The molecular weight excluding hydrogens is 490 g/mol. The predicted molar refractivity (Wildman–Crippen MR) is 155 cm³/mol. The number of rotatable bonds is 12. The van der Waals surface area contributed by atoms with Gasteiger partial charge in [0.2, 0.25) is 5.91 Å². The molecule has 0 unspecified atom stereocenters. The van der Waals surface area contributed by atoms with Gasteiger partial charge < -0.3 is 25.0 Å². The highest BCUT2D eigenvalue weighted by atomic mass is 16.5. The standard InChI is InChI=1S/C31H39N5O3/c1-22(25-7-4-3-5-8-25)34-31-26-17-28(29(39-20-24-10-11-24)18-27(26)32-21-33-31)35-30(37)9-6-14-36(2)19-23-12-15-38-16-13-23/h3-9,17-18,21-24H,10-16,19-20H2,1-2H3,(H,35,37)(H,32,33,34)/t22-/m1/s1. The molecule has 1 amide bonds. The zero-order chi connectivity index (χ0) is 27.0. The first-order valence-corrected chi connectivity index (χ1v) is 14.0. The van der Waals surface area contributed by atoms with Crippen LogP contribution in [0.5, 0.6) is 5.75 Å². The molecule has 2 aliphatic rings. The number of carbonyl (C=O) groups excluding carboxylic acids is 1. The number of aromatic nitrogens is 2. The minimum absolute atomic E-state index is 0.0502. The van der Waals surface area contributed by atoms with Crippen molar-refractivity contribution in [3.05, 3.63) is 66.5 Å². The van der Waals surface area contributed by atoms with Gasteiger partial charge in [-0.15, -0.1) is 0 Å². The number of ether oxygens (including phenoxy) is 2. The van der Waals surface area contributed by atoms with Crippen LogP contribution in [0.15, 0.2) is 60.9 Å². The molecule has 8 nitrogen and oxygen atoms in total. The van der Waals surface area contributed by atoms with E-state index in [0.717, 1.165) is 49.1 Å². The van der Waals surface area contributed by atoms with Gasteiger partial charge in [0.1, 0.15) is 17.9 Å². The van der Waals surface area contributed by atoms with Crippen molar-refractivity contribution in [2.75, 3.05) is 50.6 Å². The van der Waals surface area contributed by atoms with Gasteiger partial charge in [-0.3, -0.25) is 4.79 Å². The van der Waals surface area contributed by atoms with Gasteiger partial charge in [-0.2, -0.15) is 0 Å². The van der Waals surface area contributed by atoms with Crippen LogP contribution >= 0.6 is 0 Å². The number of nitrogens with one attached hydrogen (secondary N) is 2. The lowest BCUT2D eigenvalue weighted by molar-refractivity contribution is -0.111. The third-order valence-corrected chi connectivity index (χ3v) is 7.42. The molecule has 5 rings (SSSR count). The van der Waals surface area contributed by atoms with Crippen molar-refractivity contribution in [1.82, 2.24) is 14.9 Å². The molecule has 2 fully saturated rings. The van der Waals surface area contributed by atoms with Crippen LogP contribution in [0, 0.1) is 11.8 Å². The molecule has 1 aliphatic carbocycles. The van der Waals surface area contributed by atoms with Gasteiger partial charge in [0.15, 0.2) is 0 Å². The van der Waals surface area contributed by atoms with Crippen LogP contribution in [0.2, 0.25) is 0 Å². The van der Waals surface area contributed by atoms with E-state index in [-0.39, 0.29) is 11.9 Å². The first-order valence-electron chi connectivity index (χ1n) is 14.0. The van der Waals surface area contributed by atoms with Crippen LogP contribution in [0.4, 0.5) is 11.5 Å². The Morgan fingerprint density at radius 2 is 1.92 bits per heavy atom. The van der Waals surface area contributed by atoms with Gasteiger partial charge in [0.25, 0.3) is 0 Å². The van der Waals surface area contributed by atoms with Crippen LogP contribution in [-0.2, 0) is 9.53 Å². The van der Waals surface area contributed by atoms with Gasteiger partial charge in [-0.1, -0.05) is 36.4 Å². The molecule has 3 aromatic rings. The van der Waals surface area contributed by atoms with E-state index < -0.39 is 0 Å². The summed E-state index contributed by atoms with van der Waals surface area (Å²) >= 11 is 0. The summed E-state index contributed by atoms with van der Waals surface area (Å²) in [6, 6.07) is 14.1. The number of amides is 1. The number of hydrogen-bond donors (Lipinski definition) is 2. The van der Waals surface area contributed by atoms with Gasteiger partial charge in [0, 0.05) is 49.9 Å². The summed E-state index contributed by atoms with van der Waals surface area (Å²) in [5.41, 5.74) is 2.55. The Morgan fingerprint density at radius 1 is 1.13 bits per heavy atom. The van der Waals surface area contributed by atoms with E-state index in [9.17, 15) is 4.79 Å². The molecule has 0 bridgehead atoms. The lowest BCUT2D eigenvalue weighted by atomic mass is 10.00. The van der Waals surface area contributed by atoms with Gasteiger partial charge in [-0.05, 0) is 63.1 Å². The number of benzene rings is 2. The third-order valence-electron chi connectivity index (χ3n) is 7.42. The zero-order valence-electron chi connectivity index (χ0n) is 22.9. The normalized spacial score (nSPS) is 17.0. The van der Waals surface area contributed by atoms with Crippen molar-refractivity contribution in [3.8, 4) is 5.75 Å². The van der Waals surface area contributed by atoms with Crippen molar-refractivity contribution in [2.24, 2.45) is 11.8 Å². The fourth-order valence-corrected chi connectivity index (χ4v) is 4.90. The van der Waals surface area contributed by atoms with Crippen LogP contribution in [0.1, 0.15) is 44.2 Å². The van der Waals surface area contributed by atoms with Gasteiger partial charge in [0.05, 0.1) is 17.8 Å². The molecule has 2 aromatic carbocycles. The summed E-state index contributed by atoms with van der Waals surface area (Å²) in [5, 5.41) is 7.38. The highest BCUT2D eigenvalue weighted by Crippen LogP contribution is 2.36. The smallest absolute Gasteiger partial charge is 0.248 e. The fourth-order valence-electron chi connectivity index (χ4n) is 4.90. The Morgan fingerprint density at radius 3 is 2.69 bits per heavy atom. The van der Waals surface area contributed by atoms with Crippen molar-refractivity contribution in [2.45, 2.75) is 38.6 Å². The van der Waals surface area contributed by atoms with Crippen LogP contribution in [-0.4, -0.2) is 60.7 Å². The Balaban J connectivity index is 1.30. The van der Waals surface area contributed by atoms with Crippen molar-refractivity contribution < 1.29 is 14.3 Å². The molecule has 1 aromatic heterocycles. The summed E-state index contributed by atoms with van der Waals surface area (Å²) in [7, 11) is 2.09. The van der Waals surface area contributed by atoms with Gasteiger partial charge >= 0.3 is 0 Å². The fraction of sp³-hybridized carbons (Fsp3) is 0.452. The maximum atomic E-state index is 12.9.